The number of aldehydes is 2. The van der Waals surface area contributed by atoms with Crippen molar-refractivity contribution in [3.05, 3.63) is 58.3 Å². The molecular weight excluding hydrogens is 423 g/mol. The molecule has 0 aromatic carbocycles. The van der Waals surface area contributed by atoms with Gasteiger partial charge in [-0.3, -0.25) is 9.59 Å². The molecule has 2 rings (SSSR count). The Hall–Kier alpha value is -1.80. The van der Waals surface area contributed by atoms with Crippen LogP contribution in [-0.4, -0.2) is 30.4 Å². The van der Waals surface area contributed by atoms with E-state index in [9.17, 15) is 19.5 Å². The summed E-state index contributed by atoms with van der Waals surface area (Å²) in [5.74, 6) is 0.331. The molecule has 0 aromatic heterocycles. The van der Waals surface area contributed by atoms with Gasteiger partial charge in [-0.15, -0.1) is 6.26 Å². The molecule has 2 aliphatic heterocycles. The molecule has 0 saturated carbocycles. The van der Waals surface area contributed by atoms with E-state index in [1.54, 1.807) is 20.8 Å². The minimum absolute atomic E-state index is 0. The van der Waals surface area contributed by atoms with E-state index in [1.165, 1.54) is 13.2 Å². The van der Waals surface area contributed by atoms with Crippen LogP contribution in [0.5, 0.6) is 0 Å². The number of hydrogen-bond donors (Lipinski definition) is 0. The third kappa shape index (κ3) is 9.80. The van der Waals surface area contributed by atoms with Gasteiger partial charge >= 0.3 is 35.5 Å². The number of hydrogen-bond acceptors (Lipinski definition) is 7. The average Bonchev–Trinajstić information content (AvgIpc) is 3.09. The van der Waals surface area contributed by atoms with Crippen molar-refractivity contribution in [3.8, 4) is 0 Å². The topological polar surface area (TPSA) is 102 Å². The number of esters is 1. The van der Waals surface area contributed by atoms with Gasteiger partial charge < -0.3 is 19.3 Å². The predicted octanol–water partition coefficient (Wildman–Crippen LogP) is 0.210. The number of cyclic esters (lactones) is 1. The first-order chi connectivity index (χ1) is 13.5. The van der Waals surface area contributed by atoms with Crippen molar-refractivity contribution in [2.45, 2.75) is 53.4 Å². The molecule has 2 atom stereocenters. The summed E-state index contributed by atoms with van der Waals surface area (Å²) in [6, 6.07) is 0. The van der Waals surface area contributed by atoms with E-state index < -0.39 is 6.29 Å². The summed E-state index contributed by atoms with van der Waals surface area (Å²) in [6.07, 6.45) is 2.31. The Labute approximate surface area is 204 Å². The molecule has 0 spiro atoms. The fourth-order valence-electron chi connectivity index (χ4n) is 1.66. The van der Waals surface area contributed by atoms with E-state index >= 15 is 0 Å². The average molecular weight is 449 g/mol. The van der Waals surface area contributed by atoms with Gasteiger partial charge in [0.1, 0.15) is 18.3 Å². The Bertz CT molecular complexity index is 778. The fourth-order valence-corrected chi connectivity index (χ4v) is 1.93. The van der Waals surface area contributed by atoms with Crippen molar-refractivity contribution in [3.63, 3.8) is 0 Å². The predicted molar refractivity (Wildman–Crippen MR) is 107 cm³/mol. The van der Waals surface area contributed by atoms with Gasteiger partial charge in [0.05, 0.1) is 6.26 Å². The number of carbonyl (C=O) groups excluding carboxylic acids is 3. The van der Waals surface area contributed by atoms with Crippen LogP contribution in [0.2, 0.25) is 0 Å². The molecule has 0 amide bonds. The zero-order valence-corrected chi connectivity index (χ0v) is 21.2. The maximum Gasteiger partial charge on any atom is 1.00 e. The first-order valence-corrected chi connectivity index (χ1v) is 9.00. The van der Waals surface area contributed by atoms with Crippen LogP contribution in [0.1, 0.15) is 41.5 Å². The van der Waals surface area contributed by atoms with Crippen LogP contribution in [0.3, 0.4) is 0 Å². The van der Waals surface area contributed by atoms with Gasteiger partial charge in [-0.05, 0) is 58.3 Å². The Morgan fingerprint density at radius 3 is 1.80 bits per heavy atom. The number of alkyl halides is 1. The van der Waals surface area contributed by atoms with E-state index in [0.29, 0.717) is 35.7 Å². The fraction of sp³-hybridized carbons (Fsp3) is 0.381. The second-order valence-electron chi connectivity index (χ2n) is 6.31. The molecule has 0 radical (unpaired) electrons. The van der Waals surface area contributed by atoms with Gasteiger partial charge in [0.15, 0.2) is 5.56 Å². The molecule has 0 fully saturated rings. The number of allylic oxidation sites excluding steroid dienone is 3. The number of carbonyl (C=O) groups is 3. The Balaban J connectivity index is 0. The SMILES string of the molecule is C=C1OC(Cl)C(C)=C1C.CC(C=O)=COC1OC(=O)C(C)=C1C.CC(C=O)=C[O-].[Na+]. The monoisotopic (exact) mass is 448 g/mol. The van der Waals surface area contributed by atoms with E-state index in [4.69, 9.17) is 25.8 Å². The molecule has 2 heterocycles. The molecular formula is C21H26ClNaO7. The second-order valence-corrected chi connectivity index (χ2v) is 6.70. The van der Waals surface area contributed by atoms with Crippen LogP contribution in [0.15, 0.2) is 58.3 Å². The smallest absolute Gasteiger partial charge is 0.878 e. The summed E-state index contributed by atoms with van der Waals surface area (Å²) in [5, 5.41) is 9.47. The van der Waals surface area contributed by atoms with E-state index in [0.717, 1.165) is 16.7 Å². The van der Waals surface area contributed by atoms with Gasteiger partial charge in [0.2, 0.25) is 0 Å². The number of ether oxygens (including phenoxy) is 3. The van der Waals surface area contributed by atoms with Crippen LogP contribution in [-0.2, 0) is 28.6 Å². The molecule has 2 aliphatic rings. The minimum Gasteiger partial charge on any atom is -0.878 e. The summed E-state index contributed by atoms with van der Waals surface area (Å²) in [5.41, 5.74) is 3.85. The van der Waals surface area contributed by atoms with E-state index in [1.807, 2.05) is 13.8 Å². The van der Waals surface area contributed by atoms with Crippen molar-refractivity contribution in [1.29, 1.82) is 0 Å². The first-order valence-electron chi connectivity index (χ1n) is 8.57. The minimum atomic E-state index is -0.683. The molecule has 160 valence electrons. The summed E-state index contributed by atoms with van der Waals surface area (Å²) >= 11 is 5.71. The Morgan fingerprint density at radius 1 is 1.03 bits per heavy atom. The molecule has 9 heteroatoms. The zero-order chi connectivity index (χ0) is 22.7. The maximum atomic E-state index is 11.1. The van der Waals surface area contributed by atoms with E-state index in [2.05, 4.69) is 6.58 Å². The Morgan fingerprint density at radius 2 is 1.57 bits per heavy atom. The molecule has 7 nitrogen and oxygen atoms in total. The summed E-state index contributed by atoms with van der Waals surface area (Å²) in [6.45, 7) is 14.1. The second kappa shape index (κ2) is 15.1. The van der Waals surface area contributed by atoms with Crippen LogP contribution in [0.25, 0.3) is 0 Å². The Kier molecular flexibility index (Phi) is 15.3. The van der Waals surface area contributed by atoms with Crippen LogP contribution in [0.4, 0.5) is 0 Å². The molecule has 30 heavy (non-hydrogen) atoms. The van der Waals surface area contributed by atoms with Crippen molar-refractivity contribution >= 4 is 30.1 Å². The molecule has 0 aliphatic carbocycles. The summed E-state index contributed by atoms with van der Waals surface area (Å²) in [7, 11) is 0. The maximum absolute atomic E-state index is 11.1. The van der Waals surface area contributed by atoms with Crippen molar-refractivity contribution < 1.29 is 63.3 Å². The van der Waals surface area contributed by atoms with Gasteiger partial charge in [-0.2, -0.15) is 0 Å². The van der Waals surface area contributed by atoms with Crippen LogP contribution < -0.4 is 34.7 Å². The molecule has 2 unspecified atom stereocenters. The standard InChI is InChI=1S/C10H12O4.C7H9ClO.C4H6O2.Na/c1-6(4-11)5-13-10-8(3)7(2)9(12)14-10;1-4-5(2)7(8)9-6(4)3;1-4(2-5)3-6;/h4-5,10H,1-3H3;7H,3H2,1-2H3;2-3,5H,1H3;/q;;;+1/p-1. The van der Waals surface area contributed by atoms with Crippen LogP contribution >= 0.6 is 11.6 Å². The van der Waals surface area contributed by atoms with Crippen molar-refractivity contribution in [2.24, 2.45) is 0 Å². The van der Waals surface area contributed by atoms with E-state index in [-0.39, 0.29) is 46.7 Å². The quantitative estimate of drug-likeness (QED) is 0.151. The van der Waals surface area contributed by atoms with Crippen LogP contribution in [0, 0.1) is 0 Å². The summed E-state index contributed by atoms with van der Waals surface area (Å²) < 4.78 is 15.1. The molecule has 0 aromatic rings. The third-order valence-electron chi connectivity index (χ3n) is 4.00. The largest absolute Gasteiger partial charge is 1.00 e. The number of rotatable bonds is 4. The number of halogens is 1. The summed E-state index contributed by atoms with van der Waals surface area (Å²) in [4.78, 5) is 30.8. The van der Waals surface area contributed by atoms with Gasteiger partial charge in [0.25, 0.3) is 6.29 Å². The molecule has 0 saturated heterocycles. The molecule has 0 N–H and O–H groups in total. The van der Waals surface area contributed by atoms with Gasteiger partial charge in [-0.1, -0.05) is 18.2 Å². The first kappa shape index (κ1) is 30.4. The van der Waals surface area contributed by atoms with Crippen molar-refractivity contribution in [1.82, 2.24) is 0 Å². The third-order valence-corrected chi connectivity index (χ3v) is 4.41. The zero-order valence-electron chi connectivity index (χ0n) is 18.4. The van der Waals surface area contributed by atoms with Gasteiger partial charge in [0, 0.05) is 16.7 Å². The normalized spacial score (nSPS) is 20.8. The molecule has 0 bridgehead atoms. The van der Waals surface area contributed by atoms with Gasteiger partial charge in [-0.25, -0.2) is 4.79 Å². The van der Waals surface area contributed by atoms with Crippen molar-refractivity contribution in [2.75, 3.05) is 0 Å².